The molecule has 0 aliphatic heterocycles. The van der Waals surface area contributed by atoms with Gasteiger partial charge in [0, 0.05) is 12.2 Å². The fraction of sp³-hybridized carbons (Fsp3) is 0.300. The number of nitrogens with one attached hydrogen (secondary N) is 3. The van der Waals surface area contributed by atoms with Gasteiger partial charge < -0.3 is 9.73 Å². The summed E-state index contributed by atoms with van der Waals surface area (Å²) in [5.41, 5.74) is 5.17. The minimum Gasteiger partial charge on any atom is -0.443 e. The van der Waals surface area contributed by atoms with Crippen LogP contribution in [0.25, 0.3) is 17.2 Å². The third kappa shape index (κ3) is 4.70. The van der Waals surface area contributed by atoms with E-state index in [9.17, 15) is 13.2 Å². The molecule has 2 heterocycles. The minimum atomic E-state index is -3.23. The highest BCUT2D eigenvalue weighted by atomic mass is 32.2. The second-order valence-corrected chi connectivity index (χ2v) is 9.51. The summed E-state index contributed by atoms with van der Waals surface area (Å²) in [7, 11) is -3.23. The smallest absolute Gasteiger partial charge is 0.338 e. The predicted molar refractivity (Wildman–Crippen MR) is 113 cm³/mol. The maximum Gasteiger partial charge on any atom is 0.338 e. The number of hydroxylamine groups is 1. The summed E-state index contributed by atoms with van der Waals surface area (Å²) in [6.07, 6.45) is 7.47. The molecule has 1 aliphatic rings. The monoisotopic (exact) mass is 458 g/mol. The molecule has 0 bridgehead atoms. The van der Waals surface area contributed by atoms with Gasteiger partial charge in [-0.3, -0.25) is 5.21 Å². The number of carbonyl (C=O) groups is 1. The Balaban J connectivity index is 1.48. The Morgan fingerprint density at radius 3 is 2.78 bits per heavy atom. The number of amides is 2. The Bertz CT molecular complexity index is 1250. The number of nitrogens with zero attached hydrogens (tertiary/aromatic N) is 3. The molecule has 3 aromatic rings. The zero-order valence-electron chi connectivity index (χ0n) is 17.2. The third-order valence-corrected chi connectivity index (χ3v) is 6.43. The molecule has 0 radical (unpaired) electrons. The summed E-state index contributed by atoms with van der Waals surface area (Å²) < 4.78 is 29.0. The highest BCUT2D eigenvalue weighted by Crippen LogP contribution is 2.37. The van der Waals surface area contributed by atoms with Gasteiger partial charge >= 0.3 is 6.03 Å². The molecule has 0 saturated heterocycles. The van der Waals surface area contributed by atoms with Crippen molar-refractivity contribution in [1.29, 1.82) is 0 Å². The van der Waals surface area contributed by atoms with Crippen molar-refractivity contribution in [2.45, 2.75) is 36.6 Å². The molecule has 4 rings (SSSR count). The van der Waals surface area contributed by atoms with Gasteiger partial charge in [-0.15, -0.1) is 0 Å². The molecule has 1 aromatic carbocycles. The number of sulfone groups is 1. The molecular formula is C20H22N6O5S. The lowest BCUT2D eigenvalue weighted by Crippen LogP contribution is -2.32. The van der Waals surface area contributed by atoms with Crippen molar-refractivity contribution < 1.29 is 22.8 Å². The summed E-state index contributed by atoms with van der Waals surface area (Å²) in [6, 6.07) is 6.14. The van der Waals surface area contributed by atoms with E-state index < -0.39 is 15.9 Å². The minimum absolute atomic E-state index is 0.0235. The first-order valence-electron chi connectivity index (χ1n) is 9.88. The van der Waals surface area contributed by atoms with Crippen LogP contribution in [0.15, 0.2) is 45.9 Å². The van der Waals surface area contributed by atoms with E-state index in [1.807, 2.05) is 12.1 Å². The standard InChI is InChI=1S/C20H22N6O5S/c1-32(29,30)15-7-5-12(6-8-15)13-3-2-4-14(9-13)17-11-31-19(22-17)18-16(23-26-24-18)10-21-20(27)25-28/h3,5-8,11,14,28H,2,4,9-10H2,1H3,(H2,21,25,27)(H,23,24,26). The largest absolute Gasteiger partial charge is 0.443 e. The molecule has 1 aliphatic carbocycles. The quantitative estimate of drug-likeness (QED) is 0.323. The molecule has 11 nitrogen and oxygen atoms in total. The van der Waals surface area contributed by atoms with E-state index in [-0.39, 0.29) is 18.4 Å². The van der Waals surface area contributed by atoms with Crippen LogP contribution >= 0.6 is 0 Å². The summed E-state index contributed by atoms with van der Waals surface area (Å²) in [5.74, 6) is 0.416. The van der Waals surface area contributed by atoms with Crippen LogP contribution in [0.5, 0.6) is 0 Å². The number of carbonyl (C=O) groups excluding carboxylic acids is 1. The number of H-pyrrole nitrogens is 1. The highest BCUT2D eigenvalue weighted by molar-refractivity contribution is 7.90. The van der Waals surface area contributed by atoms with Crippen molar-refractivity contribution in [3.05, 3.63) is 53.6 Å². The molecule has 2 amide bonds. The molecule has 4 N–H and O–H groups in total. The van der Waals surface area contributed by atoms with Crippen molar-refractivity contribution in [2.24, 2.45) is 0 Å². The molecular weight excluding hydrogens is 436 g/mol. The van der Waals surface area contributed by atoms with Gasteiger partial charge in [-0.05, 0) is 42.5 Å². The van der Waals surface area contributed by atoms with Crippen molar-refractivity contribution in [1.82, 2.24) is 31.2 Å². The van der Waals surface area contributed by atoms with Gasteiger partial charge in [-0.2, -0.15) is 15.4 Å². The predicted octanol–water partition coefficient (Wildman–Crippen LogP) is 2.40. The summed E-state index contributed by atoms with van der Waals surface area (Å²) in [4.78, 5) is 16.1. The molecule has 0 saturated carbocycles. The zero-order chi connectivity index (χ0) is 22.7. The fourth-order valence-corrected chi connectivity index (χ4v) is 4.28. The van der Waals surface area contributed by atoms with Crippen molar-refractivity contribution in [3.63, 3.8) is 0 Å². The molecule has 1 unspecified atom stereocenters. The Labute approximate surface area is 183 Å². The van der Waals surface area contributed by atoms with Crippen molar-refractivity contribution >= 4 is 21.4 Å². The maximum absolute atomic E-state index is 11.7. The van der Waals surface area contributed by atoms with Gasteiger partial charge in [0.1, 0.15) is 12.0 Å². The summed E-state index contributed by atoms with van der Waals surface area (Å²) >= 11 is 0. The first-order valence-corrected chi connectivity index (χ1v) is 11.8. The fourth-order valence-electron chi connectivity index (χ4n) is 3.65. The van der Waals surface area contributed by atoms with E-state index in [4.69, 9.17) is 9.62 Å². The molecule has 1 atom stereocenters. The van der Waals surface area contributed by atoms with Gasteiger partial charge in [0.25, 0.3) is 0 Å². The topological polar surface area (TPSA) is 163 Å². The summed E-state index contributed by atoms with van der Waals surface area (Å²) in [6.45, 7) is 0.0235. The van der Waals surface area contributed by atoms with Gasteiger partial charge in [-0.1, -0.05) is 18.2 Å². The Kier molecular flexibility index (Phi) is 6.06. The number of aromatic nitrogens is 4. The van der Waals surface area contributed by atoms with Crippen LogP contribution in [0.2, 0.25) is 0 Å². The van der Waals surface area contributed by atoms with Gasteiger partial charge in [-0.25, -0.2) is 23.7 Å². The Hall–Kier alpha value is -3.51. The first kappa shape index (κ1) is 21.7. The average molecular weight is 459 g/mol. The van der Waals surface area contributed by atoms with Crippen molar-refractivity contribution in [2.75, 3.05) is 6.26 Å². The van der Waals surface area contributed by atoms with Crippen LogP contribution < -0.4 is 10.8 Å². The number of aromatic amines is 1. The van der Waals surface area contributed by atoms with E-state index in [0.29, 0.717) is 16.3 Å². The first-order chi connectivity index (χ1) is 15.3. The van der Waals surface area contributed by atoms with E-state index in [1.54, 1.807) is 18.4 Å². The molecule has 32 heavy (non-hydrogen) atoms. The molecule has 168 valence electrons. The number of allylic oxidation sites excluding steroid dienone is 2. The molecule has 12 heteroatoms. The van der Waals surface area contributed by atoms with E-state index in [0.717, 1.165) is 36.1 Å². The van der Waals surface area contributed by atoms with Crippen LogP contribution in [0, 0.1) is 0 Å². The average Bonchev–Trinajstić information content (AvgIpc) is 3.46. The van der Waals surface area contributed by atoms with Crippen LogP contribution in [0.3, 0.4) is 0 Å². The van der Waals surface area contributed by atoms with Crippen molar-refractivity contribution in [3.8, 4) is 11.6 Å². The number of rotatable bonds is 6. The lowest BCUT2D eigenvalue weighted by Gasteiger charge is -2.21. The molecule has 0 fully saturated rings. The zero-order valence-corrected chi connectivity index (χ0v) is 18.0. The highest BCUT2D eigenvalue weighted by Gasteiger charge is 2.24. The SMILES string of the molecule is CS(=O)(=O)c1ccc(C2=CCCC(c3coc(-c4n[nH]nc4CNC(=O)NO)n3)C2)cc1. The lowest BCUT2D eigenvalue weighted by molar-refractivity contribution is 0.161. The Morgan fingerprint density at radius 1 is 1.28 bits per heavy atom. The number of hydrogen-bond acceptors (Lipinski definition) is 8. The van der Waals surface area contributed by atoms with Crippen LogP contribution in [0.1, 0.15) is 42.1 Å². The van der Waals surface area contributed by atoms with Crippen LogP contribution in [0.4, 0.5) is 4.79 Å². The number of urea groups is 1. The molecule has 0 spiro atoms. The van der Waals surface area contributed by atoms with E-state index in [1.165, 1.54) is 11.7 Å². The summed E-state index contributed by atoms with van der Waals surface area (Å²) in [5, 5.41) is 21.5. The van der Waals surface area contributed by atoms with Gasteiger partial charge in [0.2, 0.25) is 5.89 Å². The number of hydrogen-bond donors (Lipinski definition) is 4. The Morgan fingerprint density at radius 2 is 2.06 bits per heavy atom. The van der Waals surface area contributed by atoms with Gasteiger partial charge in [0.05, 0.1) is 17.1 Å². The van der Waals surface area contributed by atoms with Crippen LogP contribution in [-0.2, 0) is 16.4 Å². The second-order valence-electron chi connectivity index (χ2n) is 7.50. The lowest BCUT2D eigenvalue weighted by atomic mass is 9.84. The normalized spacial score (nSPS) is 16.4. The maximum atomic E-state index is 11.7. The number of oxazole rings is 1. The van der Waals surface area contributed by atoms with Gasteiger partial charge in [0.15, 0.2) is 15.5 Å². The molecule has 2 aromatic heterocycles. The third-order valence-electron chi connectivity index (χ3n) is 5.31. The second kappa shape index (κ2) is 8.93. The van der Waals surface area contributed by atoms with Crippen LogP contribution in [-0.4, -0.2) is 46.3 Å². The van der Waals surface area contributed by atoms with E-state index in [2.05, 4.69) is 31.8 Å². The van der Waals surface area contributed by atoms with E-state index >= 15 is 0 Å². The number of benzene rings is 1.